The fourth-order valence-electron chi connectivity index (χ4n) is 2.99. The summed E-state index contributed by atoms with van der Waals surface area (Å²) in [5.74, 6) is -1.66. The van der Waals surface area contributed by atoms with Crippen molar-refractivity contribution in [1.29, 1.82) is 0 Å². The van der Waals surface area contributed by atoms with Crippen molar-refractivity contribution in [2.24, 2.45) is 5.10 Å². The summed E-state index contributed by atoms with van der Waals surface area (Å²) in [6, 6.07) is 14.8. The monoisotopic (exact) mass is 606 g/mol. The quantitative estimate of drug-likeness (QED) is 0.185. The Bertz CT molecular complexity index is 1370. The van der Waals surface area contributed by atoms with Crippen molar-refractivity contribution in [3.63, 3.8) is 0 Å². The first-order chi connectivity index (χ1) is 17.7. The van der Waals surface area contributed by atoms with Crippen LogP contribution in [-0.2, 0) is 14.4 Å². The molecule has 3 rings (SSSR count). The molecule has 37 heavy (non-hydrogen) atoms. The lowest BCUT2D eigenvalue weighted by Crippen LogP contribution is -2.32. The summed E-state index contributed by atoms with van der Waals surface area (Å²) in [7, 11) is 1.44. The second-order valence-corrected chi connectivity index (χ2v) is 9.14. The number of hydrogen-bond acceptors (Lipinski definition) is 6. The highest BCUT2D eigenvalue weighted by atomic mass is 79.9. The molecule has 12 heteroatoms. The van der Waals surface area contributed by atoms with Gasteiger partial charge in [-0.25, -0.2) is 5.43 Å². The molecule has 0 aliphatic heterocycles. The van der Waals surface area contributed by atoms with Gasteiger partial charge in [0, 0.05) is 21.4 Å². The molecule has 0 aliphatic carbocycles. The van der Waals surface area contributed by atoms with Crippen LogP contribution in [-0.4, -0.2) is 37.7 Å². The Morgan fingerprint density at radius 1 is 1.03 bits per heavy atom. The van der Waals surface area contributed by atoms with Crippen LogP contribution in [0.3, 0.4) is 0 Å². The molecule has 0 fully saturated rings. The largest absolute Gasteiger partial charge is 0.493 e. The minimum absolute atomic E-state index is 0.286. The van der Waals surface area contributed by atoms with Gasteiger partial charge in [0.25, 0.3) is 5.91 Å². The molecular formula is C25H21BrCl2N4O5. The Balaban J connectivity index is 1.59. The molecule has 0 saturated heterocycles. The van der Waals surface area contributed by atoms with E-state index in [1.807, 2.05) is 0 Å². The van der Waals surface area contributed by atoms with Crippen molar-refractivity contribution in [2.75, 3.05) is 24.4 Å². The summed E-state index contributed by atoms with van der Waals surface area (Å²) in [6.07, 6.45) is 1.32. The van der Waals surface area contributed by atoms with E-state index in [0.29, 0.717) is 43.0 Å². The molecule has 0 saturated carbocycles. The van der Waals surface area contributed by atoms with Gasteiger partial charge in [-0.2, -0.15) is 5.10 Å². The van der Waals surface area contributed by atoms with Crippen LogP contribution < -0.4 is 25.5 Å². The van der Waals surface area contributed by atoms with Crippen molar-refractivity contribution in [3.05, 3.63) is 80.2 Å². The SMILES string of the molecule is COc1cc(/C=N\NC(=O)C(=O)Nc2cccc(Cl)c2)cc(Br)c1OCC(=O)Nc1cccc(Cl)c1C. The molecule has 0 spiro atoms. The summed E-state index contributed by atoms with van der Waals surface area (Å²) < 4.78 is 11.5. The van der Waals surface area contributed by atoms with Crippen LogP contribution in [0.4, 0.5) is 11.4 Å². The highest BCUT2D eigenvalue weighted by Crippen LogP contribution is 2.36. The average Bonchev–Trinajstić information content (AvgIpc) is 2.85. The van der Waals surface area contributed by atoms with Crippen LogP contribution in [0.5, 0.6) is 11.5 Å². The van der Waals surface area contributed by atoms with Crippen molar-refractivity contribution in [2.45, 2.75) is 6.92 Å². The Hall–Kier alpha value is -3.60. The standard InChI is InChI=1S/C25H21BrCl2N4O5/c1-14-19(28)7-4-8-20(14)31-22(33)13-37-23-18(26)9-15(10-21(23)36-2)12-29-32-25(35)24(34)30-17-6-3-5-16(27)11-17/h3-12H,13H2,1-2H3,(H,30,34)(H,31,33)(H,32,35)/b29-12-. The Morgan fingerprint density at radius 3 is 2.51 bits per heavy atom. The molecule has 192 valence electrons. The lowest BCUT2D eigenvalue weighted by molar-refractivity contribution is -0.136. The number of anilines is 2. The van der Waals surface area contributed by atoms with E-state index in [1.165, 1.54) is 19.4 Å². The molecule has 0 atom stereocenters. The molecule has 9 nitrogen and oxygen atoms in total. The van der Waals surface area contributed by atoms with Gasteiger partial charge < -0.3 is 20.1 Å². The molecule has 3 aromatic rings. The zero-order valence-corrected chi connectivity index (χ0v) is 22.7. The lowest BCUT2D eigenvalue weighted by Gasteiger charge is -2.14. The molecule has 3 N–H and O–H groups in total. The number of hydrogen-bond donors (Lipinski definition) is 3. The van der Waals surface area contributed by atoms with Crippen LogP contribution in [0.25, 0.3) is 0 Å². The van der Waals surface area contributed by atoms with E-state index in [1.54, 1.807) is 55.5 Å². The highest BCUT2D eigenvalue weighted by molar-refractivity contribution is 9.10. The third kappa shape index (κ3) is 7.94. The number of methoxy groups -OCH3 is 1. The average molecular weight is 608 g/mol. The molecule has 3 amide bonds. The van der Waals surface area contributed by atoms with Crippen LogP contribution in [0.2, 0.25) is 10.0 Å². The topological polar surface area (TPSA) is 118 Å². The van der Waals surface area contributed by atoms with E-state index in [4.69, 9.17) is 32.7 Å². The van der Waals surface area contributed by atoms with Crippen LogP contribution in [0.15, 0.2) is 64.2 Å². The van der Waals surface area contributed by atoms with Gasteiger partial charge in [-0.1, -0.05) is 35.3 Å². The number of ether oxygens (including phenoxy) is 2. The van der Waals surface area contributed by atoms with Gasteiger partial charge >= 0.3 is 11.8 Å². The van der Waals surface area contributed by atoms with E-state index in [9.17, 15) is 14.4 Å². The second-order valence-electron chi connectivity index (χ2n) is 7.45. The molecular weight excluding hydrogens is 587 g/mol. The highest BCUT2D eigenvalue weighted by Gasteiger charge is 2.15. The van der Waals surface area contributed by atoms with Crippen molar-refractivity contribution in [3.8, 4) is 11.5 Å². The zero-order chi connectivity index (χ0) is 26.9. The van der Waals surface area contributed by atoms with Crippen molar-refractivity contribution >= 4 is 74.4 Å². The first-order valence-corrected chi connectivity index (χ1v) is 12.2. The Morgan fingerprint density at radius 2 is 1.78 bits per heavy atom. The van der Waals surface area contributed by atoms with E-state index in [0.717, 1.165) is 5.56 Å². The first kappa shape index (κ1) is 28.0. The molecule has 0 heterocycles. The number of halogens is 3. The maximum Gasteiger partial charge on any atom is 0.329 e. The summed E-state index contributed by atoms with van der Waals surface area (Å²) in [5, 5.41) is 9.93. The number of carbonyl (C=O) groups is 3. The van der Waals surface area contributed by atoms with Gasteiger partial charge in [-0.05, 0) is 76.4 Å². The molecule has 3 aromatic carbocycles. The van der Waals surface area contributed by atoms with Gasteiger partial charge in [0.1, 0.15) is 0 Å². The van der Waals surface area contributed by atoms with E-state index < -0.39 is 11.8 Å². The number of nitrogens with zero attached hydrogens (tertiary/aromatic N) is 1. The second kappa shape index (κ2) is 13.1. The normalized spacial score (nSPS) is 10.6. The van der Waals surface area contributed by atoms with E-state index in [-0.39, 0.29) is 12.5 Å². The Kier molecular flexibility index (Phi) is 9.90. The first-order valence-electron chi connectivity index (χ1n) is 10.6. The van der Waals surface area contributed by atoms with Crippen molar-refractivity contribution in [1.82, 2.24) is 5.43 Å². The molecule has 0 aromatic heterocycles. The van der Waals surface area contributed by atoms with Gasteiger partial charge in [0.05, 0.1) is 17.8 Å². The van der Waals surface area contributed by atoms with E-state index >= 15 is 0 Å². The third-order valence-corrected chi connectivity index (χ3v) is 6.04. The molecule has 0 aliphatic rings. The van der Waals surface area contributed by atoms with E-state index in [2.05, 4.69) is 37.1 Å². The van der Waals surface area contributed by atoms with Gasteiger partial charge in [-0.15, -0.1) is 0 Å². The lowest BCUT2D eigenvalue weighted by atomic mass is 10.2. The smallest absolute Gasteiger partial charge is 0.329 e. The Labute approximate surface area is 231 Å². The number of rotatable bonds is 8. The van der Waals surface area contributed by atoms with Gasteiger partial charge in [0.15, 0.2) is 18.1 Å². The van der Waals surface area contributed by atoms with Crippen LogP contribution in [0.1, 0.15) is 11.1 Å². The van der Waals surface area contributed by atoms with Crippen LogP contribution in [0, 0.1) is 6.92 Å². The number of carbonyl (C=O) groups excluding carboxylic acids is 3. The van der Waals surface area contributed by atoms with Crippen LogP contribution >= 0.6 is 39.1 Å². The van der Waals surface area contributed by atoms with Crippen molar-refractivity contribution < 1.29 is 23.9 Å². The zero-order valence-electron chi connectivity index (χ0n) is 19.6. The number of benzene rings is 3. The summed E-state index contributed by atoms with van der Waals surface area (Å²) in [4.78, 5) is 36.4. The number of amides is 3. The molecule has 0 radical (unpaired) electrons. The van der Waals surface area contributed by atoms with Gasteiger partial charge in [0.2, 0.25) is 0 Å². The predicted octanol–water partition coefficient (Wildman–Crippen LogP) is 5.18. The maximum atomic E-state index is 12.4. The summed E-state index contributed by atoms with van der Waals surface area (Å²) >= 11 is 15.3. The predicted molar refractivity (Wildman–Crippen MR) is 147 cm³/mol. The molecule has 0 unspecified atom stereocenters. The third-order valence-electron chi connectivity index (χ3n) is 4.81. The fourth-order valence-corrected chi connectivity index (χ4v) is 3.93. The fraction of sp³-hybridized carbons (Fsp3) is 0.120. The number of hydrazone groups is 1. The minimum Gasteiger partial charge on any atom is -0.493 e. The van der Waals surface area contributed by atoms with Gasteiger partial charge in [-0.3, -0.25) is 14.4 Å². The minimum atomic E-state index is -0.969. The molecule has 0 bridgehead atoms. The summed E-state index contributed by atoms with van der Waals surface area (Å²) in [6.45, 7) is 1.51. The number of nitrogens with one attached hydrogen (secondary N) is 3. The maximum absolute atomic E-state index is 12.4. The summed E-state index contributed by atoms with van der Waals surface area (Å²) in [5.41, 5.74) is 4.37.